The Kier molecular flexibility index (Phi) is 35.7. The smallest absolute Gasteiger partial charge is 0.462 e. The topological polar surface area (TPSA) is 134 Å². The van der Waals surface area contributed by atoms with Gasteiger partial charge >= 0.3 is 19.8 Å². The lowest BCUT2D eigenvalue weighted by Crippen LogP contribution is -2.29. The van der Waals surface area contributed by atoms with Gasteiger partial charge in [0, 0.05) is 19.4 Å². The summed E-state index contributed by atoms with van der Waals surface area (Å²) in [7, 11) is -4.37. The molecule has 0 aromatic heterocycles. The fraction of sp³-hybridized carbons (Fsp3) is 0.800. The van der Waals surface area contributed by atoms with Gasteiger partial charge in [-0.2, -0.15) is 0 Å². The molecule has 0 saturated heterocycles. The van der Waals surface area contributed by atoms with Gasteiger partial charge in [-0.1, -0.05) is 140 Å². The Morgan fingerprint density at radius 1 is 0.600 bits per heavy atom. The van der Waals surface area contributed by atoms with E-state index < -0.39 is 32.5 Å². The summed E-state index contributed by atoms with van der Waals surface area (Å²) < 4.78 is 32.7. The lowest BCUT2D eigenvalue weighted by molar-refractivity contribution is -0.161. The summed E-state index contributed by atoms with van der Waals surface area (Å²) >= 11 is 0. The van der Waals surface area contributed by atoms with Crippen molar-refractivity contribution in [2.45, 2.75) is 180 Å². The standard InChI is InChI=1S/C40H74NO8P/c1-3-5-7-9-11-13-15-17-19-21-23-25-27-29-31-33-40(43)49-38(37-48-50(44,45)47-35-34-41)36-46-39(42)32-30-28-26-24-22-20-18-16-14-12-10-8-6-4-2/h9-12,16,18,38H,3-8,13-15,17,19-37,41H2,1-2H3,(H,44,45)/b11-9+,12-10+,18-16+/t38-/m1/s1. The van der Waals surface area contributed by atoms with E-state index in [4.69, 9.17) is 24.3 Å². The third kappa shape index (κ3) is 36.0. The minimum absolute atomic E-state index is 0.0507. The van der Waals surface area contributed by atoms with Crippen molar-refractivity contribution in [3.05, 3.63) is 36.5 Å². The van der Waals surface area contributed by atoms with Crippen molar-refractivity contribution in [1.29, 1.82) is 0 Å². The van der Waals surface area contributed by atoms with Gasteiger partial charge in [0.15, 0.2) is 6.10 Å². The van der Waals surface area contributed by atoms with Gasteiger partial charge < -0.3 is 20.1 Å². The first-order valence-electron chi connectivity index (χ1n) is 20.0. The highest BCUT2D eigenvalue weighted by Crippen LogP contribution is 2.43. The van der Waals surface area contributed by atoms with Crippen molar-refractivity contribution in [3.63, 3.8) is 0 Å². The predicted molar refractivity (Wildman–Crippen MR) is 206 cm³/mol. The molecule has 50 heavy (non-hydrogen) atoms. The normalized spacial score (nSPS) is 13.8. The molecule has 0 rings (SSSR count). The highest BCUT2D eigenvalue weighted by atomic mass is 31.2. The van der Waals surface area contributed by atoms with E-state index in [0.717, 1.165) is 64.2 Å². The number of phosphoric ester groups is 1. The van der Waals surface area contributed by atoms with Crippen LogP contribution in [0.3, 0.4) is 0 Å². The number of carbonyl (C=O) groups is 2. The molecule has 9 nitrogen and oxygen atoms in total. The fourth-order valence-electron chi connectivity index (χ4n) is 5.22. The molecule has 0 amide bonds. The monoisotopic (exact) mass is 728 g/mol. The molecule has 0 aromatic carbocycles. The quantitative estimate of drug-likeness (QED) is 0.0277. The number of hydrogen-bond donors (Lipinski definition) is 2. The van der Waals surface area contributed by atoms with E-state index >= 15 is 0 Å². The molecule has 0 radical (unpaired) electrons. The van der Waals surface area contributed by atoms with E-state index in [2.05, 4.69) is 50.3 Å². The zero-order valence-corrected chi connectivity index (χ0v) is 32.8. The summed E-state index contributed by atoms with van der Waals surface area (Å²) in [5.74, 6) is -0.848. The molecule has 0 aliphatic carbocycles. The van der Waals surface area contributed by atoms with Crippen LogP contribution < -0.4 is 5.73 Å². The molecule has 0 saturated carbocycles. The summed E-state index contributed by atoms with van der Waals surface area (Å²) in [6.45, 7) is 3.64. The number of unbranched alkanes of at least 4 members (excludes halogenated alkanes) is 18. The van der Waals surface area contributed by atoms with E-state index in [-0.39, 0.29) is 32.6 Å². The summed E-state index contributed by atoms with van der Waals surface area (Å²) in [4.78, 5) is 34.7. The second-order valence-electron chi connectivity index (χ2n) is 13.1. The van der Waals surface area contributed by atoms with Gasteiger partial charge in [-0.15, -0.1) is 0 Å². The van der Waals surface area contributed by atoms with Gasteiger partial charge in [0.05, 0.1) is 13.2 Å². The molecule has 0 fully saturated rings. The molecule has 0 aromatic rings. The first-order chi connectivity index (χ1) is 24.3. The maximum absolute atomic E-state index is 12.5. The SMILES string of the molecule is CCCC/C=C/C/C=C/CCCCCCCC(=O)OC[C@H](COP(=O)(O)OCCN)OC(=O)CCCCCCCCCCC/C=C/CCCC. The molecule has 0 heterocycles. The molecule has 2 atom stereocenters. The molecule has 3 N–H and O–H groups in total. The second kappa shape index (κ2) is 37.0. The second-order valence-corrected chi connectivity index (χ2v) is 14.6. The van der Waals surface area contributed by atoms with Crippen molar-refractivity contribution >= 4 is 19.8 Å². The first kappa shape index (κ1) is 48.2. The molecule has 0 aliphatic rings. The van der Waals surface area contributed by atoms with E-state index in [9.17, 15) is 19.0 Å². The third-order valence-electron chi connectivity index (χ3n) is 8.25. The molecule has 0 bridgehead atoms. The van der Waals surface area contributed by atoms with Crippen molar-refractivity contribution in [1.82, 2.24) is 0 Å². The van der Waals surface area contributed by atoms with Crippen LogP contribution in [-0.4, -0.2) is 49.3 Å². The van der Waals surface area contributed by atoms with Crippen molar-refractivity contribution in [2.24, 2.45) is 5.73 Å². The van der Waals surface area contributed by atoms with Crippen LogP contribution >= 0.6 is 7.82 Å². The average Bonchev–Trinajstić information content (AvgIpc) is 3.10. The molecular weight excluding hydrogens is 653 g/mol. The highest BCUT2D eigenvalue weighted by Gasteiger charge is 2.25. The van der Waals surface area contributed by atoms with Gasteiger partial charge in [-0.25, -0.2) is 4.57 Å². The largest absolute Gasteiger partial charge is 0.472 e. The molecule has 0 aliphatic heterocycles. The van der Waals surface area contributed by atoms with Gasteiger partial charge in [0.25, 0.3) is 0 Å². The maximum Gasteiger partial charge on any atom is 0.472 e. The Labute approximate surface area is 305 Å². The molecule has 1 unspecified atom stereocenters. The predicted octanol–water partition coefficient (Wildman–Crippen LogP) is 11.0. The third-order valence-corrected chi connectivity index (χ3v) is 9.23. The number of allylic oxidation sites excluding steroid dienone is 6. The van der Waals surface area contributed by atoms with Crippen LogP contribution in [-0.2, 0) is 32.7 Å². The van der Waals surface area contributed by atoms with Gasteiger partial charge in [0.2, 0.25) is 0 Å². The summed E-state index contributed by atoms with van der Waals surface area (Å²) in [5, 5.41) is 0. The van der Waals surface area contributed by atoms with Crippen LogP contribution in [0.1, 0.15) is 174 Å². The summed E-state index contributed by atoms with van der Waals surface area (Å²) in [5.41, 5.74) is 5.33. The van der Waals surface area contributed by atoms with Crippen LogP contribution in [0, 0.1) is 0 Å². The van der Waals surface area contributed by atoms with Crippen LogP contribution in [0.4, 0.5) is 0 Å². The van der Waals surface area contributed by atoms with Crippen molar-refractivity contribution in [2.75, 3.05) is 26.4 Å². The van der Waals surface area contributed by atoms with E-state index in [0.29, 0.717) is 12.8 Å². The zero-order valence-electron chi connectivity index (χ0n) is 31.9. The first-order valence-corrected chi connectivity index (χ1v) is 21.5. The Morgan fingerprint density at radius 2 is 1.04 bits per heavy atom. The number of hydrogen-bond acceptors (Lipinski definition) is 8. The minimum Gasteiger partial charge on any atom is -0.462 e. The molecule has 0 spiro atoms. The van der Waals surface area contributed by atoms with Crippen LogP contribution in [0.15, 0.2) is 36.5 Å². The minimum atomic E-state index is -4.37. The lowest BCUT2D eigenvalue weighted by Gasteiger charge is -2.19. The number of esters is 2. The molecule has 292 valence electrons. The number of carbonyl (C=O) groups excluding carboxylic acids is 2. The Hall–Kier alpha value is -1.77. The summed E-state index contributed by atoms with van der Waals surface area (Å²) in [6, 6.07) is 0. The van der Waals surface area contributed by atoms with Crippen LogP contribution in [0.25, 0.3) is 0 Å². The Balaban J connectivity index is 4.22. The van der Waals surface area contributed by atoms with Gasteiger partial charge in [-0.3, -0.25) is 18.6 Å². The average molecular weight is 728 g/mol. The van der Waals surface area contributed by atoms with Gasteiger partial charge in [-0.05, 0) is 57.8 Å². The maximum atomic E-state index is 12.5. The number of phosphoric acid groups is 1. The van der Waals surface area contributed by atoms with E-state index in [1.807, 2.05) is 0 Å². The van der Waals surface area contributed by atoms with Crippen LogP contribution in [0.5, 0.6) is 0 Å². The fourth-order valence-corrected chi connectivity index (χ4v) is 5.98. The molecular formula is C40H74NO8P. The van der Waals surface area contributed by atoms with E-state index in [1.54, 1.807) is 0 Å². The zero-order chi connectivity index (χ0) is 36.8. The van der Waals surface area contributed by atoms with E-state index in [1.165, 1.54) is 70.6 Å². The number of ether oxygens (including phenoxy) is 2. The Morgan fingerprint density at radius 3 is 1.54 bits per heavy atom. The van der Waals surface area contributed by atoms with Crippen molar-refractivity contribution in [3.8, 4) is 0 Å². The van der Waals surface area contributed by atoms with Gasteiger partial charge in [0.1, 0.15) is 6.61 Å². The lowest BCUT2D eigenvalue weighted by atomic mass is 10.1. The number of nitrogens with two attached hydrogens (primary N) is 1. The van der Waals surface area contributed by atoms with Crippen molar-refractivity contribution < 1.29 is 37.6 Å². The molecule has 10 heteroatoms. The van der Waals surface area contributed by atoms with Crippen LogP contribution in [0.2, 0.25) is 0 Å². The highest BCUT2D eigenvalue weighted by molar-refractivity contribution is 7.47. The summed E-state index contributed by atoms with van der Waals surface area (Å²) in [6.07, 6.45) is 38.8. The Bertz CT molecular complexity index is 923. The number of rotatable bonds is 37.